The fraction of sp³-hybridized carbons (Fsp3) is 0.538. The summed E-state index contributed by atoms with van der Waals surface area (Å²) in [6.07, 6.45) is 3.54. The Morgan fingerprint density at radius 1 is 1.33 bits per heavy atom. The third-order valence-electron chi connectivity index (χ3n) is 3.41. The second-order valence-corrected chi connectivity index (χ2v) is 7.35. The fourth-order valence-electron chi connectivity index (χ4n) is 2.31. The molecule has 0 bridgehead atoms. The van der Waals surface area contributed by atoms with Crippen LogP contribution in [0.4, 0.5) is 14.5 Å². The van der Waals surface area contributed by atoms with Crippen molar-refractivity contribution in [1.82, 2.24) is 5.32 Å². The van der Waals surface area contributed by atoms with Crippen LogP contribution in [0.1, 0.15) is 25.7 Å². The van der Waals surface area contributed by atoms with Gasteiger partial charge in [-0.1, -0.05) is 18.0 Å². The third kappa shape index (κ3) is 4.79. The van der Waals surface area contributed by atoms with Gasteiger partial charge in [0.1, 0.15) is 11.5 Å². The molecule has 4 nitrogen and oxygen atoms in total. The summed E-state index contributed by atoms with van der Waals surface area (Å²) in [5.74, 6) is -2.02. The van der Waals surface area contributed by atoms with E-state index >= 15 is 0 Å². The van der Waals surface area contributed by atoms with Crippen LogP contribution in [-0.2, 0) is 10.0 Å². The first-order chi connectivity index (χ1) is 9.87. The van der Waals surface area contributed by atoms with E-state index in [4.69, 9.17) is 11.6 Å². The van der Waals surface area contributed by atoms with E-state index in [2.05, 4.69) is 10.0 Å². The maximum absolute atomic E-state index is 13.6. The molecule has 0 aliphatic carbocycles. The molecule has 0 spiro atoms. The lowest BCUT2D eigenvalue weighted by Gasteiger charge is -2.23. The van der Waals surface area contributed by atoms with E-state index in [0.717, 1.165) is 31.9 Å². The van der Waals surface area contributed by atoms with Gasteiger partial charge >= 0.3 is 0 Å². The Balaban J connectivity index is 2.00. The van der Waals surface area contributed by atoms with Gasteiger partial charge in [-0.3, -0.25) is 4.72 Å². The molecule has 8 heteroatoms. The van der Waals surface area contributed by atoms with Crippen LogP contribution in [0.25, 0.3) is 0 Å². The zero-order valence-corrected chi connectivity index (χ0v) is 12.9. The Hall–Kier alpha value is -0.920. The predicted molar refractivity (Wildman–Crippen MR) is 79.0 cm³/mol. The number of halogens is 3. The lowest BCUT2D eigenvalue weighted by molar-refractivity contribution is 0.393. The van der Waals surface area contributed by atoms with Crippen molar-refractivity contribution in [3.63, 3.8) is 0 Å². The second kappa shape index (κ2) is 6.89. The van der Waals surface area contributed by atoms with Gasteiger partial charge in [0.15, 0.2) is 5.82 Å². The molecule has 1 atom stereocenters. The van der Waals surface area contributed by atoms with Crippen LogP contribution in [0.15, 0.2) is 12.1 Å². The van der Waals surface area contributed by atoms with E-state index in [1.165, 1.54) is 0 Å². The summed E-state index contributed by atoms with van der Waals surface area (Å²) in [5.41, 5.74) is -0.408. The van der Waals surface area contributed by atoms with Gasteiger partial charge in [-0.15, -0.1) is 0 Å². The third-order valence-corrected chi connectivity index (χ3v) is 5.00. The van der Waals surface area contributed by atoms with Gasteiger partial charge in [-0.2, -0.15) is 0 Å². The van der Waals surface area contributed by atoms with Gasteiger partial charge in [0.2, 0.25) is 10.0 Å². The largest absolute Gasteiger partial charge is 0.314 e. The minimum absolute atomic E-state index is 0.141. The van der Waals surface area contributed by atoms with Crippen molar-refractivity contribution in [3.05, 3.63) is 28.8 Å². The van der Waals surface area contributed by atoms with Crippen molar-refractivity contribution in [1.29, 1.82) is 0 Å². The lowest BCUT2D eigenvalue weighted by Crippen LogP contribution is -2.36. The molecule has 1 unspecified atom stereocenters. The molecular weight excluding hydrogens is 322 g/mol. The number of sulfonamides is 1. The zero-order valence-electron chi connectivity index (χ0n) is 11.3. The van der Waals surface area contributed by atoms with Crippen LogP contribution in [-0.4, -0.2) is 26.8 Å². The van der Waals surface area contributed by atoms with Gasteiger partial charge in [0.25, 0.3) is 0 Å². The minimum atomic E-state index is -3.73. The quantitative estimate of drug-likeness (QED) is 0.868. The molecule has 0 aromatic heterocycles. The average molecular weight is 339 g/mol. The lowest BCUT2D eigenvalue weighted by atomic mass is 10.0. The Kier molecular flexibility index (Phi) is 5.40. The summed E-state index contributed by atoms with van der Waals surface area (Å²) < 4.78 is 52.5. The van der Waals surface area contributed by atoms with Crippen LogP contribution >= 0.6 is 11.6 Å². The molecule has 1 fully saturated rings. The van der Waals surface area contributed by atoms with E-state index in [1.54, 1.807) is 0 Å². The summed E-state index contributed by atoms with van der Waals surface area (Å²) in [6, 6.07) is 1.61. The monoisotopic (exact) mass is 338 g/mol. The fourth-order valence-corrected chi connectivity index (χ4v) is 3.83. The van der Waals surface area contributed by atoms with E-state index in [1.807, 2.05) is 0 Å². The smallest absolute Gasteiger partial charge is 0.232 e. The van der Waals surface area contributed by atoms with Gasteiger partial charge < -0.3 is 5.32 Å². The topological polar surface area (TPSA) is 58.2 Å². The number of benzene rings is 1. The Bertz CT molecular complexity index is 581. The van der Waals surface area contributed by atoms with Crippen molar-refractivity contribution in [3.8, 4) is 0 Å². The molecule has 1 aliphatic rings. The molecule has 2 rings (SSSR count). The molecule has 1 aliphatic heterocycles. The van der Waals surface area contributed by atoms with Gasteiger partial charge in [-0.25, -0.2) is 17.2 Å². The number of nitrogens with one attached hydrogen (secondary N) is 2. The maximum atomic E-state index is 13.6. The highest BCUT2D eigenvalue weighted by Gasteiger charge is 2.20. The number of piperidine rings is 1. The summed E-state index contributed by atoms with van der Waals surface area (Å²) >= 11 is 5.67. The van der Waals surface area contributed by atoms with E-state index in [9.17, 15) is 17.2 Å². The standard InChI is InChI=1S/C13H17ClF2N2O2S/c14-11-7-9(15)8-12(16)13(11)18-21(19,20)6-4-10-3-1-2-5-17-10/h7-8,10,17-18H,1-6H2. The summed E-state index contributed by atoms with van der Waals surface area (Å²) in [4.78, 5) is 0. The summed E-state index contributed by atoms with van der Waals surface area (Å²) in [6.45, 7) is 0.885. The van der Waals surface area contributed by atoms with Crippen molar-refractivity contribution in [2.45, 2.75) is 31.7 Å². The minimum Gasteiger partial charge on any atom is -0.314 e. The summed E-state index contributed by atoms with van der Waals surface area (Å²) in [7, 11) is -3.73. The number of hydrogen-bond donors (Lipinski definition) is 2. The zero-order chi connectivity index (χ0) is 15.5. The highest BCUT2D eigenvalue weighted by atomic mass is 35.5. The van der Waals surface area contributed by atoms with Crippen LogP contribution in [0.2, 0.25) is 5.02 Å². The van der Waals surface area contributed by atoms with Crippen LogP contribution in [0.3, 0.4) is 0 Å². The van der Waals surface area contributed by atoms with Gasteiger partial charge in [0, 0.05) is 12.1 Å². The molecule has 0 saturated carbocycles. The molecule has 1 aromatic carbocycles. The van der Waals surface area contributed by atoms with Gasteiger partial charge in [-0.05, 0) is 31.9 Å². The molecule has 1 aromatic rings. The first kappa shape index (κ1) is 16.5. The van der Waals surface area contributed by atoms with E-state index < -0.39 is 27.3 Å². The molecule has 21 heavy (non-hydrogen) atoms. The molecule has 118 valence electrons. The van der Waals surface area contributed by atoms with Crippen molar-refractivity contribution in [2.24, 2.45) is 0 Å². The number of rotatable bonds is 5. The van der Waals surface area contributed by atoms with Crippen LogP contribution in [0, 0.1) is 11.6 Å². The predicted octanol–water partition coefficient (Wildman–Crippen LogP) is 2.89. The Morgan fingerprint density at radius 2 is 2.10 bits per heavy atom. The Morgan fingerprint density at radius 3 is 2.71 bits per heavy atom. The average Bonchev–Trinajstić information content (AvgIpc) is 2.42. The van der Waals surface area contributed by atoms with E-state index in [0.29, 0.717) is 12.5 Å². The van der Waals surface area contributed by atoms with E-state index in [-0.39, 0.29) is 16.8 Å². The second-order valence-electron chi connectivity index (χ2n) is 5.10. The first-order valence-corrected chi connectivity index (χ1v) is 8.79. The highest BCUT2D eigenvalue weighted by molar-refractivity contribution is 7.92. The number of anilines is 1. The van der Waals surface area contributed by atoms with Crippen LogP contribution < -0.4 is 10.0 Å². The van der Waals surface area contributed by atoms with Crippen molar-refractivity contribution < 1.29 is 17.2 Å². The van der Waals surface area contributed by atoms with Crippen LogP contribution in [0.5, 0.6) is 0 Å². The number of hydrogen-bond acceptors (Lipinski definition) is 3. The molecule has 1 saturated heterocycles. The normalized spacial score (nSPS) is 19.5. The molecule has 2 N–H and O–H groups in total. The molecular formula is C13H17ClF2N2O2S. The molecule has 0 radical (unpaired) electrons. The van der Waals surface area contributed by atoms with Crippen molar-refractivity contribution in [2.75, 3.05) is 17.0 Å². The highest BCUT2D eigenvalue weighted by Crippen LogP contribution is 2.27. The summed E-state index contributed by atoms with van der Waals surface area (Å²) in [5, 5.41) is 2.94. The molecule has 1 heterocycles. The van der Waals surface area contributed by atoms with Gasteiger partial charge in [0.05, 0.1) is 10.8 Å². The SMILES string of the molecule is O=S(=O)(CCC1CCCCN1)Nc1c(F)cc(F)cc1Cl. The first-order valence-electron chi connectivity index (χ1n) is 6.76. The Labute approximate surface area is 127 Å². The van der Waals surface area contributed by atoms with Crippen molar-refractivity contribution >= 4 is 27.3 Å². The maximum Gasteiger partial charge on any atom is 0.232 e. The molecule has 0 amide bonds.